The zero-order valence-corrected chi connectivity index (χ0v) is 21.2. The highest BCUT2D eigenvalue weighted by Gasteiger charge is 2.24. The standard InChI is InChI=1S/C24H36N4O2.HI/c1-3-25-24(26-12-9-19-16-27-23-18(2)6-4-8-22(19)23)28-13-10-20(11-14-28)30-17-21-7-5-15-29-21;/h4,6,8,16,20-21,27H,3,5,7,9-15,17H2,1-2H3,(H,25,26);1H. The molecule has 2 saturated heterocycles. The minimum atomic E-state index is 0. The number of H-pyrrole nitrogens is 1. The first kappa shape index (κ1) is 24.3. The number of benzene rings is 1. The van der Waals surface area contributed by atoms with Crippen LogP contribution in [0.1, 0.15) is 43.7 Å². The van der Waals surface area contributed by atoms with Crippen LogP contribution in [0.25, 0.3) is 10.9 Å². The lowest BCUT2D eigenvalue weighted by molar-refractivity contribution is -0.0367. The highest BCUT2D eigenvalue weighted by atomic mass is 127. The fourth-order valence-corrected chi connectivity index (χ4v) is 4.53. The summed E-state index contributed by atoms with van der Waals surface area (Å²) in [5, 5.41) is 4.80. The molecule has 0 spiro atoms. The summed E-state index contributed by atoms with van der Waals surface area (Å²) >= 11 is 0. The van der Waals surface area contributed by atoms with Crippen molar-refractivity contribution in [3.05, 3.63) is 35.5 Å². The molecule has 2 fully saturated rings. The van der Waals surface area contributed by atoms with E-state index in [4.69, 9.17) is 14.5 Å². The van der Waals surface area contributed by atoms with E-state index in [0.29, 0.717) is 12.2 Å². The zero-order valence-electron chi connectivity index (χ0n) is 18.9. The third-order valence-corrected chi connectivity index (χ3v) is 6.27. The van der Waals surface area contributed by atoms with E-state index in [2.05, 4.69) is 53.4 Å². The first-order chi connectivity index (χ1) is 14.7. The summed E-state index contributed by atoms with van der Waals surface area (Å²) in [6.07, 6.45) is 8.17. The van der Waals surface area contributed by atoms with Gasteiger partial charge in [0.25, 0.3) is 0 Å². The smallest absolute Gasteiger partial charge is 0.193 e. The van der Waals surface area contributed by atoms with Gasteiger partial charge in [0.15, 0.2) is 5.96 Å². The molecule has 172 valence electrons. The van der Waals surface area contributed by atoms with E-state index in [1.807, 2.05) is 0 Å². The summed E-state index contributed by atoms with van der Waals surface area (Å²) < 4.78 is 11.8. The molecule has 7 heteroatoms. The van der Waals surface area contributed by atoms with Crippen molar-refractivity contribution in [3.8, 4) is 0 Å². The minimum absolute atomic E-state index is 0. The topological polar surface area (TPSA) is 61.9 Å². The Hall–Kier alpha value is -1.32. The highest BCUT2D eigenvalue weighted by Crippen LogP contribution is 2.22. The maximum Gasteiger partial charge on any atom is 0.193 e. The van der Waals surface area contributed by atoms with Gasteiger partial charge in [-0.05, 0) is 57.1 Å². The molecule has 6 nitrogen and oxygen atoms in total. The monoisotopic (exact) mass is 540 g/mol. The number of aliphatic imine (C=N–C) groups is 1. The van der Waals surface area contributed by atoms with E-state index in [1.54, 1.807) is 0 Å². The van der Waals surface area contributed by atoms with E-state index in [1.165, 1.54) is 28.5 Å². The fraction of sp³-hybridized carbons (Fsp3) is 0.625. The summed E-state index contributed by atoms with van der Waals surface area (Å²) in [6, 6.07) is 6.48. The Kier molecular flexibility index (Phi) is 9.47. The Morgan fingerprint density at radius 2 is 2.13 bits per heavy atom. The zero-order chi connectivity index (χ0) is 20.8. The molecule has 0 bridgehead atoms. The van der Waals surface area contributed by atoms with Gasteiger partial charge in [0.05, 0.1) is 18.8 Å². The maximum absolute atomic E-state index is 6.12. The third kappa shape index (κ3) is 6.35. The number of nitrogens with one attached hydrogen (secondary N) is 2. The van der Waals surface area contributed by atoms with Crippen LogP contribution in [0.5, 0.6) is 0 Å². The highest BCUT2D eigenvalue weighted by molar-refractivity contribution is 14.0. The number of piperidine rings is 1. The van der Waals surface area contributed by atoms with Crippen molar-refractivity contribution in [2.45, 2.75) is 58.2 Å². The first-order valence-electron chi connectivity index (χ1n) is 11.6. The fourth-order valence-electron chi connectivity index (χ4n) is 4.53. The number of guanidine groups is 1. The van der Waals surface area contributed by atoms with Crippen LogP contribution in [0.3, 0.4) is 0 Å². The van der Waals surface area contributed by atoms with Gasteiger partial charge in [-0.1, -0.05) is 18.2 Å². The second kappa shape index (κ2) is 12.1. The Balaban J connectivity index is 0.00000272. The molecule has 1 aromatic carbocycles. The SMILES string of the molecule is CCNC(=NCCc1c[nH]c2c(C)cccc12)N1CCC(OCC2CCCO2)CC1.I. The third-order valence-electron chi connectivity index (χ3n) is 6.27. The van der Waals surface area contributed by atoms with E-state index >= 15 is 0 Å². The Labute approximate surface area is 203 Å². The van der Waals surface area contributed by atoms with Crippen LogP contribution in [0.15, 0.2) is 29.4 Å². The number of likely N-dealkylation sites (tertiary alicyclic amines) is 1. The van der Waals surface area contributed by atoms with Crippen LogP contribution in [0, 0.1) is 6.92 Å². The Morgan fingerprint density at radius 3 is 2.87 bits per heavy atom. The van der Waals surface area contributed by atoms with Crippen molar-refractivity contribution in [1.82, 2.24) is 15.2 Å². The van der Waals surface area contributed by atoms with E-state index < -0.39 is 0 Å². The van der Waals surface area contributed by atoms with Gasteiger partial charge in [0.1, 0.15) is 0 Å². The van der Waals surface area contributed by atoms with Gasteiger partial charge in [-0.3, -0.25) is 4.99 Å². The second-order valence-electron chi connectivity index (χ2n) is 8.45. The van der Waals surface area contributed by atoms with Crippen molar-refractivity contribution in [2.75, 3.05) is 39.4 Å². The van der Waals surface area contributed by atoms with Crippen LogP contribution < -0.4 is 5.32 Å². The molecule has 31 heavy (non-hydrogen) atoms. The van der Waals surface area contributed by atoms with E-state index in [-0.39, 0.29) is 24.0 Å². The average Bonchev–Trinajstić information content (AvgIpc) is 3.43. The number of ether oxygens (including phenoxy) is 2. The van der Waals surface area contributed by atoms with Crippen LogP contribution in [-0.4, -0.2) is 67.4 Å². The lowest BCUT2D eigenvalue weighted by Gasteiger charge is -2.34. The molecule has 2 aromatic rings. The minimum Gasteiger partial charge on any atom is -0.376 e. The predicted octanol–water partition coefficient (Wildman–Crippen LogP) is 4.26. The van der Waals surface area contributed by atoms with Crippen LogP contribution in [0.4, 0.5) is 0 Å². The number of hydrogen-bond acceptors (Lipinski definition) is 3. The number of nitrogens with zero attached hydrogens (tertiary/aromatic N) is 2. The molecule has 3 heterocycles. The molecule has 4 rings (SSSR count). The predicted molar refractivity (Wildman–Crippen MR) is 138 cm³/mol. The lowest BCUT2D eigenvalue weighted by atomic mass is 10.1. The molecule has 1 atom stereocenters. The largest absolute Gasteiger partial charge is 0.376 e. The molecule has 1 unspecified atom stereocenters. The normalized spacial score (nSPS) is 20.3. The quantitative estimate of drug-likeness (QED) is 0.313. The molecule has 2 aliphatic heterocycles. The van der Waals surface area contributed by atoms with Gasteiger partial charge >= 0.3 is 0 Å². The molecule has 0 amide bonds. The second-order valence-corrected chi connectivity index (χ2v) is 8.45. The van der Waals surface area contributed by atoms with Gasteiger partial charge in [0.2, 0.25) is 0 Å². The molecule has 2 N–H and O–H groups in total. The van der Waals surface area contributed by atoms with Gasteiger partial charge in [-0.2, -0.15) is 0 Å². The van der Waals surface area contributed by atoms with Crippen molar-refractivity contribution in [1.29, 1.82) is 0 Å². The summed E-state index contributed by atoms with van der Waals surface area (Å²) in [6.45, 7) is 9.60. The summed E-state index contributed by atoms with van der Waals surface area (Å²) in [7, 11) is 0. The van der Waals surface area contributed by atoms with Gasteiger partial charge < -0.3 is 24.7 Å². The first-order valence-corrected chi connectivity index (χ1v) is 11.6. The molecule has 1 aromatic heterocycles. The van der Waals surface area contributed by atoms with Gasteiger partial charge in [-0.15, -0.1) is 24.0 Å². The van der Waals surface area contributed by atoms with Crippen LogP contribution in [-0.2, 0) is 15.9 Å². The van der Waals surface area contributed by atoms with Crippen LogP contribution >= 0.6 is 24.0 Å². The average molecular weight is 540 g/mol. The molecule has 0 saturated carbocycles. The maximum atomic E-state index is 6.12. The molecular formula is C24H37IN4O2. The van der Waals surface area contributed by atoms with Crippen molar-refractivity contribution in [3.63, 3.8) is 0 Å². The van der Waals surface area contributed by atoms with Crippen LogP contribution in [0.2, 0.25) is 0 Å². The Bertz CT molecular complexity index is 839. The molecule has 0 aliphatic carbocycles. The number of aryl methyl sites for hydroxylation is 1. The number of aromatic amines is 1. The van der Waals surface area contributed by atoms with E-state index in [9.17, 15) is 0 Å². The lowest BCUT2D eigenvalue weighted by Crippen LogP contribution is -2.47. The van der Waals surface area contributed by atoms with Gasteiger partial charge in [0, 0.05) is 49.9 Å². The number of para-hydroxylation sites is 1. The number of halogens is 1. The van der Waals surface area contributed by atoms with Crippen molar-refractivity contribution < 1.29 is 9.47 Å². The molecular weight excluding hydrogens is 503 g/mol. The molecule has 0 radical (unpaired) electrons. The summed E-state index contributed by atoms with van der Waals surface area (Å²) in [4.78, 5) is 10.7. The number of rotatable bonds is 7. The summed E-state index contributed by atoms with van der Waals surface area (Å²) in [5.74, 6) is 1.03. The molecule has 2 aliphatic rings. The number of aromatic nitrogens is 1. The summed E-state index contributed by atoms with van der Waals surface area (Å²) in [5.41, 5.74) is 3.88. The number of fused-ring (bicyclic) bond motifs is 1. The van der Waals surface area contributed by atoms with Gasteiger partial charge in [-0.25, -0.2) is 0 Å². The van der Waals surface area contributed by atoms with Crippen molar-refractivity contribution in [2.24, 2.45) is 4.99 Å². The van der Waals surface area contributed by atoms with Crippen molar-refractivity contribution >= 4 is 40.8 Å². The Morgan fingerprint density at radius 1 is 1.29 bits per heavy atom. The number of hydrogen-bond donors (Lipinski definition) is 2. The van der Waals surface area contributed by atoms with E-state index in [0.717, 1.165) is 71.0 Å².